The van der Waals surface area contributed by atoms with Crippen molar-refractivity contribution in [1.82, 2.24) is 4.98 Å². The van der Waals surface area contributed by atoms with Crippen LogP contribution in [0.15, 0.2) is 12.1 Å². The molecule has 0 unspecified atom stereocenters. The Labute approximate surface area is 104 Å². The number of anilines is 1. The van der Waals surface area contributed by atoms with Crippen molar-refractivity contribution in [2.24, 2.45) is 0 Å². The molecule has 1 aromatic heterocycles. The molecule has 0 aliphatic rings. The number of rotatable bonds is 0. The molecule has 7 heteroatoms. The second-order valence-corrected chi connectivity index (χ2v) is 4.19. The Bertz CT molecular complexity index is 637. The number of alkyl halides is 3. The van der Waals surface area contributed by atoms with E-state index in [1.807, 2.05) is 0 Å². The van der Waals surface area contributed by atoms with E-state index in [9.17, 15) is 17.6 Å². The van der Waals surface area contributed by atoms with Crippen LogP contribution in [-0.2, 0) is 6.18 Å². The fourth-order valence-corrected chi connectivity index (χ4v) is 1.93. The van der Waals surface area contributed by atoms with Crippen LogP contribution in [-0.4, -0.2) is 4.98 Å². The van der Waals surface area contributed by atoms with Gasteiger partial charge in [-0.05, 0) is 19.1 Å². The van der Waals surface area contributed by atoms with Crippen LogP contribution >= 0.6 is 11.6 Å². The largest absolute Gasteiger partial charge is 0.433 e. The second-order valence-electron chi connectivity index (χ2n) is 3.78. The maximum Gasteiger partial charge on any atom is 0.433 e. The van der Waals surface area contributed by atoms with E-state index in [1.165, 1.54) is 6.92 Å². The van der Waals surface area contributed by atoms with E-state index < -0.39 is 17.7 Å². The van der Waals surface area contributed by atoms with Gasteiger partial charge in [-0.15, -0.1) is 0 Å². The van der Waals surface area contributed by atoms with Gasteiger partial charge in [-0.25, -0.2) is 9.37 Å². The first-order valence-corrected chi connectivity index (χ1v) is 5.21. The quantitative estimate of drug-likeness (QED) is 0.742. The average Bonchev–Trinajstić information content (AvgIpc) is 2.22. The van der Waals surface area contributed by atoms with E-state index in [4.69, 9.17) is 17.3 Å². The highest BCUT2D eigenvalue weighted by molar-refractivity contribution is 6.35. The molecule has 0 fully saturated rings. The minimum atomic E-state index is -4.63. The lowest BCUT2D eigenvalue weighted by atomic mass is 10.1. The minimum absolute atomic E-state index is 0.0745. The normalized spacial score (nSPS) is 12.1. The van der Waals surface area contributed by atoms with Gasteiger partial charge in [0.15, 0.2) is 0 Å². The number of fused-ring (bicyclic) bond motifs is 1. The van der Waals surface area contributed by atoms with Crippen LogP contribution in [0.5, 0.6) is 0 Å². The third-order valence-corrected chi connectivity index (χ3v) is 2.86. The number of hydrogen-bond acceptors (Lipinski definition) is 2. The molecular weight excluding hydrogens is 272 g/mol. The van der Waals surface area contributed by atoms with Crippen LogP contribution in [0.3, 0.4) is 0 Å². The molecule has 0 saturated carbocycles. The van der Waals surface area contributed by atoms with Crippen LogP contribution in [0.25, 0.3) is 10.9 Å². The molecule has 0 aliphatic heterocycles. The Kier molecular flexibility index (Phi) is 2.85. The second kappa shape index (κ2) is 3.98. The molecule has 18 heavy (non-hydrogen) atoms. The maximum atomic E-state index is 13.2. The van der Waals surface area contributed by atoms with Crippen molar-refractivity contribution in [2.75, 3.05) is 5.73 Å². The Morgan fingerprint density at radius 1 is 1.28 bits per heavy atom. The number of aromatic nitrogens is 1. The highest BCUT2D eigenvalue weighted by atomic mass is 35.5. The molecule has 2 nitrogen and oxygen atoms in total. The highest BCUT2D eigenvalue weighted by Gasteiger charge is 2.36. The number of nitrogens with two attached hydrogens (primary N) is 1. The van der Waals surface area contributed by atoms with Gasteiger partial charge in [0.2, 0.25) is 0 Å². The SMILES string of the molecule is Cc1c(C(F)(F)F)nc2c(Cl)cc(F)cc2c1N. The molecule has 1 heterocycles. The first-order valence-electron chi connectivity index (χ1n) is 4.84. The standard InChI is InChI=1S/C11H7ClF4N2/c1-4-8(17)6-2-5(13)3-7(12)9(6)18-10(4)11(14,15)16/h2-3H,1H3,(H2,17,18). The molecule has 1 aromatic carbocycles. The molecule has 0 spiro atoms. The summed E-state index contributed by atoms with van der Waals surface area (Å²) in [5.41, 5.74) is 3.91. The van der Waals surface area contributed by atoms with E-state index in [-0.39, 0.29) is 27.2 Å². The Balaban J connectivity index is 2.93. The van der Waals surface area contributed by atoms with Crippen molar-refractivity contribution in [1.29, 1.82) is 0 Å². The number of benzene rings is 1. The molecule has 0 amide bonds. The van der Waals surface area contributed by atoms with E-state index in [0.29, 0.717) is 0 Å². The molecule has 0 radical (unpaired) electrons. The first-order chi connectivity index (χ1) is 8.21. The predicted molar refractivity (Wildman–Crippen MR) is 60.9 cm³/mol. The van der Waals surface area contributed by atoms with Crippen LogP contribution in [0, 0.1) is 12.7 Å². The summed E-state index contributed by atoms with van der Waals surface area (Å²) >= 11 is 5.68. The molecule has 2 rings (SSSR count). The van der Waals surface area contributed by atoms with E-state index in [0.717, 1.165) is 12.1 Å². The van der Waals surface area contributed by atoms with E-state index in [1.54, 1.807) is 0 Å². The van der Waals surface area contributed by atoms with Crippen molar-refractivity contribution in [3.8, 4) is 0 Å². The summed E-state index contributed by atoms with van der Waals surface area (Å²) < 4.78 is 51.4. The van der Waals surface area contributed by atoms with Gasteiger partial charge in [-0.3, -0.25) is 0 Å². The Hall–Kier alpha value is -1.56. The van der Waals surface area contributed by atoms with Gasteiger partial charge in [0.1, 0.15) is 11.5 Å². The fraction of sp³-hybridized carbons (Fsp3) is 0.182. The summed E-state index contributed by atoms with van der Waals surface area (Å²) in [5.74, 6) is -0.680. The number of nitrogens with zero attached hydrogens (tertiary/aromatic N) is 1. The van der Waals surface area contributed by atoms with Crippen LogP contribution in [0.2, 0.25) is 5.02 Å². The molecule has 0 saturated heterocycles. The topological polar surface area (TPSA) is 38.9 Å². The molecule has 0 aliphatic carbocycles. The van der Waals surface area contributed by atoms with E-state index >= 15 is 0 Å². The van der Waals surface area contributed by atoms with Crippen molar-refractivity contribution >= 4 is 28.2 Å². The summed E-state index contributed by atoms with van der Waals surface area (Å²) in [6.07, 6.45) is -4.63. The Morgan fingerprint density at radius 2 is 1.89 bits per heavy atom. The lowest BCUT2D eigenvalue weighted by Gasteiger charge is -2.14. The van der Waals surface area contributed by atoms with E-state index in [2.05, 4.69) is 4.98 Å². The fourth-order valence-electron chi connectivity index (χ4n) is 1.69. The smallest absolute Gasteiger partial charge is 0.398 e. The summed E-state index contributed by atoms with van der Waals surface area (Å²) in [4.78, 5) is 3.44. The molecule has 2 N–H and O–H groups in total. The lowest BCUT2D eigenvalue weighted by Crippen LogP contribution is -2.12. The summed E-state index contributed by atoms with van der Waals surface area (Å²) in [6.45, 7) is 1.18. The molecule has 2 aromatic rings. The molecule has 96 valence electrons. The van der Waals surface area contributed by atoms with Gasteiger partial charge in [-0.1, -0.05) is 11.6 Å². The molecular formula is C11H7ClF4N2. The van der Waals surface area contributed by atoms with Gasteiger partial charge in [-0.2, -0.15) is 13.2 Å². The zero-order chi connectivity index (χ0) is 13.7. The number of hydrogen-bond donors (Lipinski definition) is 1. The number of halogens is 5. The monoisotopic (exact) mass is 278 g/mol. The Morgan fingerprint density at radius 3 is 2.44 bits per heavy atom. The van der Waals surface area contributed by atoms with Crippen LogP contribution in [0.4, 0.5) is 23.2 Å². The summed E-state index contributed by atoms with van der Waals surface area (Å²) in [7, 11) is 0. The van der Waals surface area contributed by atoms with Gasteiger partial charge < -0.3 is 5.73 Å². The third-order valence-electron chi connectivity index (χ3n) is 2.57. The van der Waals surface area contributed by atoms with Crippen LogP contribution in [0.1, 0.15) is 11.3 Å². The van der Waals surface area contributed by atoms with Crippen molar-refractivity contribution in [3.63, 3.8) is 0 Å². The maximum absolute atomic E-state index is 13.2. The summed E-state index contributed by atoms with van der Waals surface area (Å²) in [5, 5.41) is -0.132. The zero-order valence-electron chi connectivity index (χ0n) is 9.07. The van der Waals surface area contributed by atoms with Crippen molar-refractivity contribution < 1.29 is 17.6 Å². The minimum Gasteiger partial charge on any atom is -0.398 e. The van der Waals surface area contributed by atoms with Gasteiger partial charge in [0, 0.05) is 16.6 Å². The number of pyridine rings is 1. The predicted octanol–water partition coefficient (Wildman–Crippen LogP) is 3.94. The van der Waals surface area contributed by atoms with Crippen LogP contribution < -0.4 is 5.73 Å². The van der Waals surface area contributed by atoms with Gasteiger partial charge in [0.25, 0.3) is 0 Å². The first kappa shape index (κ1) is 12.9. The number of nitrogen functional groups attached to an aromatic ring is 1. The molecule has 0 atom stereocenters. The lowest BCUT2D eigenvalue weighted by molar-refractivity contribution is -0.141. The van der Waals surface area contributed by atoms with Gasteiger partial charge in [0.05, 0.1) is 10.5 Å². The van der Waals surface area contributed by atoms with Gasteiger partial charge >= 0.3 is 6.18 Å². The summed E-state index contributed by atoms with van der Waals surface area (Å²) in [6, 6.07) is 1.91. The molecule has 0 bridgehead atoms. The highest BCUT2D eigenvalue weighted by Crippen LogP contribution is 2.37. The van der Waals surface area contributed by atoms with Crippen molar-refractivity contribution in [3.05, 3.63) is 34.2 Å². The zero-order valence-corrected chi connectivity index (χ0v) is 9.83. The van der Waals surface area contributed by atoms with Crippen molar-refractivity contribution in [2.45, 2.75) is 13.1 Å². The third kappa shape index (κ3) is 1.96. The average molecular weight is 279 g/mol.